The molecule has 2 aliphatic heterocycles. The van der Waals surface area contributed by atoms with E-state index in [9.17, 15) is 14.4 Å². The van der Waals surface area contributed by atoms with Crippen LogP contribution in [0.1, 0.15) is 46.4 Å². The lowest BCUT2D eigenvalue weighted by Gasteiger charge is -2.48. The second-order valence-corrected chi connectivity index (χ2v) is 11.0. The van der Waals surface area contributed by atoms with E-state index in [0.29, 0.717) is 30.6 Å². The number of thiazole rings is 1. The molecule has 3 aromatic rings. The zero-order valence-corrected chi connectivity index (χ0v) is 20.8. The topological polar surface area (TPSA) is 82.6 Å². The molecular formula is C25H26N4O3S2. The number of anilines is 1. The molecule has 0 spiro atoms. The normalized spacial score (nSPS) is 19.4. The standard InChI is InChI=1S/C25H26N4O3S2/c1-16-27-19(15-33-16)21-8-7-17(34-21)10-13-26-22(30)11-14-28-24(32)18-5-3-4-6-20(18)29-23(31)9-12-25(28,29)2/h3-8,15H,9-14H2,1-2H3,(H,26,30). The molecule has 0 saturated carbocycles. The molecule has 3 amide bonds. The van der Waals surface area contributed by atoms with Gasteiger partial charge in [-0.25, -0.2) is 4.98 Å². The lowest BCUT2D eigenvalue weighted by atomic mass is 9.98. The van der Waals surface area contributed by atoms with Crippen molar-refractivity contribution in [3.05, 3.63) is 57.2 Å². The molecule has 7 nitrogen and oxygen atoms in total. The van der Waals surface area contributed by atoms with Gasteiger partial charge in [0, 0.05) is 36.2 Å². The molecule has 1 unspecified atom stereocenters. The van der Waals surface area contributed by atoms with Gasteiger partial charge >= 0.3 is 0 Å². The molecule has 1 saturated heterocycles. The summed E-state index contributed by atoms with van der Waals surface area (Å²) in [6.07, 6.45) is 1.89. The van der Waals surface area contributed by atoms with Crippen LogP contribution in [0.4, 0.5) is 5.69 Å². The summed E-state index contributed by atoms with van der Waals surface area (Å²) >= 11 is 3.33. The van der Waals surface area contributed by atoms with Crippen molar-refractivity contribution in [3.63, 3.8) is 0 Å². The molecule has 5 rings (SSSR count). The van der Waals surface area contributed by atoms with E-state index in [1.165, 1.54) is 4.88 Å². The number of hydrogen-bond donors (Lipinski definition) is 1. The van der Waals surface area contributed by atoms with Gasteiger partial charge in [0.2, 0.25) is 11.8 Å². The first kappa shape index (κ1) is 22.7. The molecule has 176 valence electrons. The van der Waals surface area contributed by atoms with Crippen molar-refractivity contribution >= 4 is 46.1 Å². The number of carbonyl (C=O) groups is 3. The van der Waals surface area contributed by atoms with E-state index in [1.807, 2.05) is 26.0 Å². The predicted molar refractivity (Wildman–Crippen MR) is 134 cm³/mol. The van der Waals surface area contributed by atoms with Crippen LogP contribution in [0.2, 0.25) is 0 Å². The van der Waals surface area contributed by atoms with Crippen molar-refractivity contribution in [1.82, 2.24) is 15.2 Å². The van der Waals surface area contributed by atoms with Crippen molar-refractivity contribution in [2.45, 2.75) is 45.2 Å². The van der Waals surface area contributed by atoms with Gasteiger partial charge in [-0.15, -0.1) is 22.7 Å². The van der Waals surface area contributed by atoms with Crippen LogP contribution in [0.25, 0.3) is 10.6 Å². The monoisotopic (exact) mass is 494 g/mol. The van der Waals surface area contributed by atoms with E-state index in [2.05, 4.69) is 27.8 Å². The highest BCUT2D eigenvalue weighted by Gasteiger charge is 2.52. The first-order valence-electron chi connectivity index (χ1n) is 11.4. The van der Waals surface area contributed by atoms with E-state index >= 15 is 0 Å². The Labute approximate surface area is 206 Å². The molecule has 1 atom stereocenters. The molecule has 4 heterocycles. The number of fused-ring (bicyclic) bond motifs is 3. The lowest BCUT2D eigenvalue weighted by Crippen LogP contribution is -2.62. The summed E-state index contributed by atoms with van der Waals surface area (Å²) in [6, 6.07) is 11.4. The number of nitrogens with zero attached hydrogens (tertiary/aromatic N) is 3. The number of rotatable bonds is 7. The van der Waals surface area contributed by atoms with Crippen LogP contribution in [0.3, 0.4) is 0 Å². The van der Waals surface area contributed by atoms with Gasteiger partial charge in [0.05, 0.1) is 26.8 Å². The quantitative estimate of drug-likeness (QED) is 0.533. The Morgan fingerprint density at radius 2 is 2.03 bits per heavy atom. The average molecular weight is 495 g/mol. The Morgan fingerprint density at radius 1 is 1.21 bits per heavy atom. The minimum atomic E-state index is -0.732. The second-order valence-electron chi connectivity index (χ2n) is 8.79. The van der Waals surface area contributed by atoms with Gasteiger partial charge in [-0.1, -0.05) is 12.1 Å². The molecule has 34 heavy (non-hydrogen) atoms. The lowest BCUT2D eigenvalue weighted by molar-refractivity contribution is -0.121. The van der Waals surface area contributed by atoms with Crippen molar-refractivity contribution < 1.29 is 14.4 Å². The average Bonchev–Trinajstić information content (AvgIpc) is 3.53. The smallest absolute Gasteiger partial charge is 0.257 e. The fraction of sp³-hybridized carbons (Fsp3) is 0.360. The van der Waals surface area contributed by atoms with Crippen LogP contribution >= 0.6 is 22.7 Å². The first-order valence-corrected chi connectivity index (χ1v) is 13.1. The van der Waals surface area contributed by atoms with Gasteiger partial charge in [-0.05, 0) is 51.0 Å². The van der Waals surface area contributed by atoms with Crippen molar-refractivity contribution in [2.24, 2.45) is 0 Å². The maximum Gasteiger partial charge on any atom is 0.257 e. The third-order valence-corrected chi connectivity index (χ3v) is 8.48. The van der Waals surface area contributed by atoms with Crippen molar-refractivity contribution in [2.75, 3.05) is 18.0 Å². The molecule has 1 fully saturated rings. The van der Waals surface area contributed by atoms with Crippen LogP contribution in [0, 0.1) is 6.92 Å². The van der Waals surface area contributed by atoms with Crippen LogP contribution in [-0.2, 0) is 16.0 Å². The SMILES string of the molecule is Cc1nc(-c2ccc(CCNC(=O)CCN3C(=O)c4ccccc4N4C(=O)CCC34C)s2)cs1. The fourth-order valence-corrected chi connectivity index (χ4v) is 6.45. The van der Waals surface area contributed by atoms with Gasteiger partial charge in [-0.3, -0.25) is 19.3 Å². The Bertz CT molecular complexity index is 1270. The number of amides is 3. The highest BCUT2D eigenvalue weighted by atomic mass is 32.1. The Hall–Kier alpha value is -3.04. The third-order valence-electron chi connectivity index (χ3n) is 6.53. The van der Waals surface area contributed by atoms with E-state index in [1.54, 1.807) is 44.6 Å². The zero-order chi connectivity index (χ0) is 23.9. The van der Waals surface area contributed by atoms with Gasteiger partial charge in [0.15, 0.2) is 0 Å². The summed E-state index contributed by atoms with van der Waals surface area (Å²) in [6.45, 7) is 4.72. The van der Waals surface area contributed by atoms with Crippen molar-refractivity contribution in [1.29, 1.82) is 0 Å². The largest absolute Gasteiger partial charge is 0.356 e. The number of hydrogen-bond acceptors (Lipinski definition) is 6. The molecule has 9 heteroatoms. The molecular weight excluding hydrogens is 468 g/mol. The highest BCUT2D eigenvalue weighted by molar-refractivity contribution is 7.16. The minimum Gasteiger partial charge on any atom is -0.356 e. The van der Waals surface area contributed by atoms with E-state index in [0.717, 1.165) is 22.0 Å². The summed E-state index contributed by atoms with van der Waals surface area (Å²) in [5.74, 6) is -0.210. The number of carbonyl (C=O) groups excluding carboxylic acids is 3. The third kappa shape index (κ3) is 4.03. The fourth-order valence-electron chi connectivity index (χ4n) is 4.79. The second kappa shape index (κ2) is 8.96. The Balaban J connectivity index is 1.18. The minimum absolute atomic E-state index is 0.0139. The van der Waals surface area contributed by atoms with Crippen LogP contribution in [0.15, 0.2) is 41.8 Å². The van der Waals surface area contributed by atoms with E-state index in [-0.39, 0.29) is 30.7 Å². The predicted octanol–water partition coefficient (Wildman–Crippen LogP) is 4.23. The van der Waals surface area contributed by atoms with Crippen LogP contribution in [-0.4, -0.2) is 46.4 Å². The summed E-state index contributed by atoms with van der Waals surface area (Å²) in [5, 5.41) is 6.08. The summed E-state index contributed by atoms with van der Waals surface area (Å²) in [7, 11) is 0. The number of para-hydroxylation sites is 1. The van der Waals surface area contributed by atoms with Gasteiger partial charge in [-0.2, -0.15) is 0 Å². The number of benzene rings is 1. The number of nitrogens with one attached hydrogen (secondary N) is 1. The van der Waals surface area contributed by atoms with Gasteiger partial charge < -0.3 is 10.2 Å². The van der Waals surface area contributed by atoms with Crippen LogP contribution < -0.4 is 10.2 Å². The number of thiophene rings is 1. The van der Waals surface area contributed by atoms with E-state index < -0.39 is 5.66 Å². The summed E-state index contributed by atoms with van der Waals surface area (Å²) in [4.78, 5) is 48.8. The van der Waals surface area contributed by atoms with E-state index in [4.69, 9.17) is 0 Å². The summed E-state index contributed by atoms with van der Waals surface area (Å²) < 4.78 is 0. The molecule has 2 aromatic heterocycles. The molecule has 1 N–H and O–H groups in total. The Morgan fingerprint density at radius 3 is 2.82 bits per heavy atom. The Kier molecular flexibility index (Phi) is 5.99. The molecule has 0 bridgehead atoms. The molecule has 2 aliphatic rings. The molecule has 0 radical (unpaired) electrons. The zero-order valence-electron chi connectivity index (χ0n) is 19.2. The van der Waals surface area contributed by atoms with Crippen molar-refractivity contribution in [3.8, 4) is 10.6 Å². The maximum absolute atomic E-state index is 13.3. The number of aryl methyl sites for hydroxylation is 1. The maximum atomic E-state index is 13.3. The summed E-state index contributed by atoms with van der Waals surface area (Å²) in [5.41, 5.74) is 1.45. The molecule has 1 aromatic carbocycles. The van der Waals surface area contributed by atoms with Gasteiger partial charge in [0.25, 0.3) is 5.91 Å². The van der Waals surface area contributed by atoms with Crippen LogP contribution in [0.5, 0.6) is 0 Å². The van der Waals surface area contributed by atoms with Gasteiger partial charge in [0.1, 0.15) is 5.66 Å². The molecule has 0 aliphatic carbocycles. The highest BCUT2D eigenvalue weighted by Crippen LogP contribution is 2.44. The number of aromatic nitrogens is 1. The first-order chi connectivity index (χ1) is 16.4.